The molecular formula is C10H17N5O2. The molecule has 0 spiro atoms. The smallest absolute Gasteiger partial charge is 0.231 e. The molecule has 0 aliphatic heterocycles. The van der Waals surface area contributed by atoms with Crippen LogP contribution in [0.1, 0.15) is 25.6 Å². The Kier molecular flexibility index (Phi) is 4.99. The van der Waals surface area contributed by atoms with Gasteiger partial charge in [-0.25, -0.2) is 4.98 Å². The molecule has 1 aromatic rings. The Morgan fingerprint density at radius 2 is 2.53 bits per heavy atom. The van der Waals surface area contributed by atoms with E-state index in [0.717, 1.165) is 6.42 Å². The maximum Gasteiger partial charge on any atom is 0.231 e. The van der Waals surface area contributed by atoms with E-state index < -0.39 is 5.92 Å². The first-order valence-corrected chi connectivity index (χ1v) is 5.42. The van der Waals surface area contributed by atoms with Crippen LogP contribution in [0.15, 0.2) is 17.5 Å². The van der Waals surface area contributed by atoms with E-state index in [1.165, 1.54) is 0 Å². The summed E-state index contributed by atoms with van der Waals surface area (Å²) in [5, 5.41) is 14.2. The van der Waals surface area contributed by atoms with Gasteiger partial charge in [0.15, 0.2) is 5.84 Å². The topological polar surface area (TPSA) is 116 Å². The first kappa shape index (κ1) is 13.0. The highest BCUT2D eigenvalue weighted by molar-refractivity contribution is 6.01. The molecule has 1 aromatic heterocycles. The van der Waals surface area contributed by atoms with Gasteiger partial charge in [0.05, 0.1) is 12.5 Å². The Balaban J connectivity index is 2.53. The van der Waals surface area contributed by atoms with Crippen LogP contribution < -0.4 is 11.1 Å². The molecule has 94 valence electrons. The molecule has 7 heteroatoms. The number of rotatable bonds is 6. The van der Waals surface area contributed by atoms with Gasteiger partial charge in [0.2, 0.25) is 5.91 Å². The molecule has 0 aromatic carbocycles. The van der Waals surface area contributed by atoms with Crippen LogP contribution in [0.2, 0.25) is 0 Å². The molecule has 1 amide bonds. The average Bonchev–Trinajstić information content (AvgIpc) is 2.85. The quantitative estimate of drug-likeness (QED) is 0.245. The molecule has 7 nitrogen and oxygen atoms in total. The minimum absolute atomic E-state index is 0.0659. The van der Waals surface area contributed by atoms with Crippen LogP contribution in [0.25, 0.3) is 0 Å². The van der Waals surface area contributed by atoms with Crippen molar-refractivity contribution in [2.75, 3.05) is 0 Å². The molecule has 5 N–H and O–H groups in total. The Hall–Kier alpha value is -2.05. The zero-order valence-electron chi connectivity index (χ0n) is 9.68. The van der Waals surface area contributed by atoms with Crippen molar-refractivity contribution in [1.29, 1.82) is 0 Å². The fourth-order valence-corrected chi connectivity index (χ4v) is 1.46. The summed E-state index contributed by atoms with van der Waals surface area (Å²) in [5.41, 5.74) is 5.47. The van der Waals surface area contributed by atoms with Gasteiger partial charge in [0, 0.05) is 12.4 Å². The van der Waals surface area contributed by atoms with Crippen LogP contribution in [0.3, 0.4) is 0 Å². The summed E-state index contributed by atoms with van der Waals surface area (Å²) in [6.45, 7) is 2.22. The third kappa shape index (κ3) is 3.78. The second-order valence-electron chi connectivity index (χ2n) is 3.62. The number of nitrogens with zero attached hydrogens (tertiary/aromatic N) is 2. The van der Waals surface area contributed by atoms with E-state index >= 15 is 0 Å². The van der Waals surface area contributed by atoms with Gasteiger partial charge in [-0.05, 0) is 6.42 Å². The van der Waals surface area contributed by atoms with Crippen molar-refractivity contribution in [3.05, 3.63) is 18.2 Å². The molecule has 0 fully saturated rings. The summed E-state index contributed by atoms with van der Waals surface area (Å²) in [6.07, 6.45) is 4.60. The predicted octanol–water partition coefficient (Wildman–Crippen LogP) is 0.189. The molecule has 17 heavy (non-hydrogen) atoms. The van der Waals surface area contributed by atoms with E-state index in [1.807, 2.05) is 6.92 Å². The number of imidazole rings is 1. The molecule has 0 saturated heterocycles. The van der Waals surface area contributed by atoms with E-state index in [1.54, 1.807) is 12.4 Å². The van der Waals surface area contributed by atoms with Crippen molar-refractivity contribution < 1.29 is 10.0 Å². The molecule has 0 aliphatic rings. The monoisotopic (exact) mass is 239 g/mol. The van der Waals surface area contributed by atoms with Crippen molar-refractivity contribution in [3.8, 4) is 0 Å². The van der Waals surface area contributed by atoms with Gasteiger partial charge < -0.3 is 21.2 Å². The van der Waals surface area contributed by atoms with Crippen LogP contribution in [0.4, 0.5) is 0 Å². The fourth-order valence-electron chi connectivity index (χ4n) is 1.46. The van der Waals surface area contributed by atoms with Gasteiger partial charge in [0.1, 0.15) is 5.82 Å². The predicted molar refractivity (Wildman–Crippen MR) is 62.2 cm³/mol. The third-order valence-corrected chi connectivity index (χ3v) is 2.35. The Morgan fingerprint density at radius 1 is 1.76 bits per heavy atom. The first-order chi connectivity index (χ1) is 8.19. The zero-order chi connectivity index (χ0) is 12.7. The highest BCUT2D eigenvalue weighted by atomic mass is 16.4. The van der Waals surface area contributed by atoms with E-state index in [9.17, 15) is 4.79 Å². The number of nitrogens with two attached hydrogens (primary N) is 1. The van der Waals surface area contributed by atoms with Crippen molar-refractivity contribution >= 4 is 11.7 Å². The number of oxime groups is 1. The second-order valence-corrected chi connectivity index (χ2v) is 3.62. The van der Waals surface area contributed by atoms with Gasteiger partial charge in [-0.15, -0.1) is 0 Å². The Bertz CT molecular complexity index is 374. The minimum Gasteiger partial charge on any atom is -0.409 e. The van der Waals surface area contributed by atoms with E-state index in [-0.39, 0.29) is 11.7 Å². The summed E-state index contributed by atoms with van der Waals surface area (Å²) >= 11 is 0. The zero-order valence-corrected chi connectivity index (χ0v) is 9.68. The molecule has 1 unspecified atom stereocenters. The SMILES string of the molecule is CCCC(C(=O)NCc1ncc[nH]1)C(N)=NO. The Labute approximate surface area is 99.1 Å². The van der Waals surface area contributed by atoms with Crippen LogP contribution in [0, 0.1) is 5.92 Å². The Morgan fingerprint density at radius 3 is 3.06 bits per heavy atom. The largest absolute Gasteiger partial charge is 0.409 e. The lowest BCUT2D eigenvalue weighted by Gasteiger charge is -2.13. The summed E-state index contributed by atoms with van der Waals surface area (Å²) in [7, 11) is 0. The van der Waals surface area contributed by atoms with E-state index in [2.05, 4.69) is 20.4 Å². The standard InChI is InChI=1S/C10H17N5O2/c1-2-3-7(9(11)15-17)10(16)14-6-8-12-4-5-13-8/h4-5,7,17H,2-3,6H2,1H3,(H2,11,15)(H,12,13)(H,14,16). The van der Waals surface area contributed by atoms with Crippen molar-refractivity contribution in [2.45, 2.75) is 26.3 Å². The summed E-state index contributed by atoms with van der Waals surface area (Å²) in [5.74, 6) is -0.268. The molecule has 0 aliphatic carbocycles. The summed E-state index contributed by atoms with van der Waals surface area (Å²) in [4.78, 5) is 18.7. The molecule has 0 saturated carbocycles. The maximum atomic E-state index is 11.8. The van der Waals surface area contributed by atoms with Gasteiger partial charge in [-0.2, -0.15) is 0 Å². The number of carbonyl (C=O) groups excluding carboxylic acids is 1. The maximum absolute atomic E-state index is 11.8. The number of hydrogen-bond acceptors (Lipinski definition) is 4. The van der Waals surface area contributed by atoms with Crippen LogP contribution in [-0.4, -0.2) is 26.9 Å². The van der Waals surface area contributed by atoms with Crippen LogP contribution >= 0.6 is 0 Å². The van der Waals surface area contributed by atoms with Gasteiger partial charge >= 0.3 is 0 Å². The number of nitrogens with one attached hydrogen (secondary N) is 2. The van der Waals surface area contributed by atoms with Gasteiger partial charge in [-0.3, -0.25) is 4.79 Å². The number of hydrogen-bond donors (Lipinski definition) is 4. The van der Waals surface area contributed by atoms with Gasteiger partial charge in [-0.1, -0.05) is 18.5 Å². The number of amidine groups is 1. The fraction of sp³-hybridized carbons (Fsp3) is 0.500. The minimum atomic E-state index is -0.597. The highest BCUT2D eigenvalue weighted by Crippen LogP contribution is 2.07. The molecule has 0 bridgehead atoms. The second kappa shape index (κ2) is 6.51. The molecule has 1 heterocycles. The van der Waals surface area contributed by atoms with Crippen LogP contribution in [-0.2, 0) is 11.3 Å². The van der Waals surface area contributed by atoms with E-state index in [0.29, 0.717) is 18.8 Å². The number of carbonyl (C=O) groups is 1. The third-order valence-electron chi connectivity index (χ3n) is 2.35. The van der Waals surface area contributed by atoms with Crippen molar-refractivity contribution in [1.82, 2.24) is 15.3 Å². The van der Waals surface area contributed by atoms with Crippen LogP contribution in [0.5, 0.6) is 0 Å². The molecule has 1 atom stereocenters. The number of aromatic amines is 1. The first-order valence-electron chi connectivity index (χ1n) is 5.42. The van der Waals surface area contributed by atoms with E-state index in [4.69, 9.17) is 10.9 Å². The lowest BCUT2D eigenvalue weighted by Crippen LogP contribution is -2.38. The van der Waals surface area contributed by atoms with Gasteiger partial charge in [0.25, 0.3) is 0 Å². The lowest BCUT2D eigenvalue weighted by atomic mass is 10.0. The van der Waals surface area contributed by atoms with Crippen molar-refractivity contribution in [2.24, 2.45) is 16.8 Å². The summed E-state index contributed by atoms with van der Waals surface area (Å²) in [6, 6.07) is 0. The molecule has 1 rings (SSSR count). The molecular weight excluding hydrogens is 222 g/mol. The number of H-pyrrole nitrogens is 1. The summed E-state index contributed by atoms with van der Waals surface area (Å²) < 4.78 is 0. The number of amides is 1. The highest BCUT2D eigenvalue weighted by Gasteiger charge is 2.21. The van der Waals surface area contributed by atoms with Crippen molar-refractivity contribution in [3.63, 3.8) is 0 Å². The average molecular weight is 239 g/mol. The molecule has 0 radical (unpaired) electrons. The number of aromatic nitrogens is 2. The normalized spacial score (nSPS) is 13.4. The lowest BCUT2D eigenvalue weighted by molar-refractivity contribution is -0.123.